The molecule has 5 aromatic rings. The first-order valence-electron chi connectivity index (χ1n) is 12.4. The summed E-state index contributed by atoms with van der Waals surface area (Å²) in [5.41, 5.74) is 2.43. The largest absolute Gasteiger partial charge is 0.481 e. The Bertz CT molecular complexity index is 1480. The van der Waals surface area contributed by atoms with Crippen LogP contribution in [0, 0.1) is 0 Å². The fourth-order valence-electron chi connectivity index (χ4n) is 5.27. The first kappa shape index (κ1) is 24.0. The van der Waals surface area contributed by atoms with Crippen molar-refractivity contribution in [2.75, 3.05) is 27.7 Å². The summed E-state index contributed by atoms with van der Waals surface area (Å²) in [6.07, 6.45) is 0.531. The number of rotatable bonds is 8. The molecular weight excluding hydrogens is 444 g/mol. The van der Waals surface area contributed by atoms with Crippen molar-refractivity contribution >= 4 is 21.7 Å². The number of pyridine rings is 1. The molecule has 0 amide bonds. The van der Waals surface area contributed by atoms with Gasteiger partial charge in [0, 0.05) is 23.4 Å². The van der Waals surface area contributed by atoms with Gasteiger partial charge in [0.05, 0.1) is 12.6 Å². The fourth-order valence-corrected chi connectivity index (χ4v) is 5.27. The van der Waals surface area contributed by atoms with Gasteiger partial charge in [0.1, 0.15) is 5.60 Å². The van der Waals surface area contributed by atoms with Crippen LogP contribution in [-0.4, -0.2) is 42.7 Å². The van der Waals surface area contributed by atoms with Crippen molar-refractivity contribution in [2.24, 2.45) is 0 Å². The van der Waals surface area contributed by atoms with E-state index in [0.29, 0.717) is 18.8 Å². The third-order valence-electron chi connectivity index (χ3n) is 7.03. The lowest BCUT2D eigenvalue weighted by molar-refractivity contribution is 0.00520. The van der Waals surface area contributed by atoms with Crippen LogP contribution in [0.3, 0.4) is 0 Å². The van der Waals surface area contributed by atoms with Gasteiger partial charge in [-0.05, 0) is 54.5 Å². The molecule has 0 aliphatic heterocycles. The monoisotopic (exact) mass is 476 g/mol. The smallest absolute Gasteiger partial charge is 0.217 e. The highest BCUT2D eigenvalue weighted by atomic mass is 16.5. The summed E-state index contributed by atoms with van der Waals surface area (Å²) in [7, 11) is 5.73. The van der Waals surface area contributed by atoms with Gasteiger partial charge in [-0.2, -0.15) is 0 Å². The molecule has 182 valence electrons. The van der Waals surface area contributed by atoms with Gasteiger partial charge in [-0.1, -0.05) is 91.0 Å². The molecule has 0 saturated carbocycles. The Morgan fingerprint density at radius 3 is 2.25 bits per heavy atom. The summed E-state index contributed by atoms with van der Waals surface area (Å²) in [5.74, 6) is 0.127. The average molecular weight is 477 g/mol. The predicted octanol–water partition coefficient (Wildman–Crippen LogP) is 6.37. The topological polar surface area (TPSA) is 45.6 Å². The summed E-state index contributed by atoms with van der Waals surface area (Å²) in [4.78, 5) is 6.98. The second-order valence-electron chi connectivity index (χ2n) is 9.63. The van der Waals surface area contributed by atoms with E-state index in [2.05, 4.69) is 53.4 Å². The number of hydrogen-bond donors (Lipinski definition) is 1. The Morgan fingerprint density at radius 2 is 1.50 bits per heavy atom. The molecule has 0 unspecified atom stereocenters. The van der Waals surface area contributed by atoms with Gasteiger partial charge in [-0.25, -0.2) is 4.98 Å². The van der Waals surface area contributed by atoms with Crippen LogP contribution in [0.5, 0.6) is 5.88 Å². The van der Waals surface area contributed by atoms with Crippen molar-refractivity contribution in [1.29, 1.82) is 0 Å². The molecule has 4 nitrogen and oxygen atoms in total. The van der Waals surface area contributed by atoms with E-state index in [1.807, 2.05) is 68.7 Å². The van der Waals surface area contributed by atoms with E-state index in [9.17, 15) is 5.11 Å². The maximum Gasteiger partial charge on any atom is 0.217 e. The Hall–Kier alpha value is -3.73. The van der Waals surface area contributed by atoms with Gasteiger partial charge in [-0.15, -0.1) is 0 Å². The molecule has 1 aromatic heterocycles. The minimum Gasteiger partial charge on any atom is -0.481 e. The van der Waals surface area contributed by atoms with Crippen LogP contribution in [0.4, 0.5) is 0 Å². The molecule has 0 aliphatic carbocycles. The van der Waals surface area contributed by atoms with E-state index in [4.69, 9.17) is 9.72 Å². The van der Waals surface area contributed by atoms with Gasteiger partial charge in [0.2, 0.25) is 5.88 Å². The maximum absolute atomic E-state index is 13.0. The highest BCUT2D eigenvalue weighted by molar-refractivity contribution is 5.87. The van der Waals surface area contributed by atoms with E-state index in [-0.39, 0.29) is 0 Å². The zero-order chi connectivity index (χ0) is 25.1. The third kappa shape index (κ3) is 4.46. The molecular formula is C32H32N2O2. The number of benzene rings is 4. The summed E-state index contributed by atoms with van der Waals surface area (Å²) < 4.78 is 5.87. The molecule has 4 aromatic carbocycles. The summed E-state index contributed by atoms with van der Waals surface area (Å²) >= 11 is 0. The highest BCUT2D eigenvalue weighted by Gasteiger charge is 2.43. The van der Waals surface area contributed by atoms with E-state index in [1.54, 1.807) is 7.11 Å². The van der Waals surface area contributed by atoms with Gasteiger partial charge < -0.3 is 14.7 Å². The molecule has 1 N–H and O–H groups in total. The summed E-state index contributed by atoms with van der Waals surface area (Å²) in [6.45, 7) is 0.715. The molecule has 0 radical (unpaired) electrons. The van der Waals surface area contributed by atoms with Crippen LogP contribution in [0.1, 0.15) is 29.0 Å². The molecule has 0 spiro atoms. The minimum atomic E-state index is -1.23. The third-order valence-corrected chi connectivity index (χ3v) is 7.03. The van der Waals surface area contributed by atoms with Gasteiger partial charge in [0.15, 0.2) is 0 Å². The Labute approximate surface area is 212 Å². The van der Waals surface area contributed by atoms with E-state index in [1.165, 1.54) is 0 Å². The molecule has 0 bridgehead atoms. The predicted molar refractivity (Wildman–Crippen MR) is 148 cm³/mol. The number of nitrogens with zero attached hydrogens (tertiary/aromatic N) is 2. The van der Waals surface area contributed by atoms with Crippen molar-refractivity contribution in [3.05, 3.63) is 120 Å². The van der Waals surface area contributed by atoms with Crippen LogP contribution < -0.4 is 4.74 Å². The lowest BCUT2D eigenvalue weighted by Crippen LogP contribution is -2.38. The maximum atomic E-state index is 13.0. The highest BCUT2D eigenvalue weighted by Crippen LogP contribution is 2.48. The van der Waals surface area contributed by atoms with Crippen LogP contribution in [0.2, 0.25) is 0 Å². The van der Waals surface area contributed by atoms with Gasteiger partial charge >= 0.3 is 0 Å². The molecule has 0 saturated heterocycles. The van der Waals surface area contributed by atoms with Crippen molar-refractivity contribution in [3.63, 3.8) is 0 Å². The number of para-hydroxylation sites is 1. The number of ether oxygens (including phenoxy) is 1. The molecule has 1 heterocycles. The minimum absolute atomic E-state index is 0.406. The lowest BCUT2D eigenvalue weighted by atomic mass is 9.70. The normalized spacial score (nSPS) is 14.1. The number of hydrogen-bond acceptors (Lipinski definition) is 4. The molecule has 4 heteroatoms. The lowest BCUT2D eigenvalue weighted by Gasteiger charge is -2.39. The molecule has 5 rings (SSSR count). The second-order valence-corrected chi connectivity index (χ2v) is 9.63. The first-order chi connectivity index (χ1) is 17.5. The van der Waals surface area contributed by atoms with Crippen molar-refractivity contribution < 1.29 is 9.84 Å². The van der Waals surface area contributed by atoms with Crippen LogP contribution in [0.25, 0.3) is 21.7 Å². The Balaban J connectivity index is 1.83. The standard InChI is InChI=1S/C32H32N2O2/c1-34(2)21-20-32(35,28-18-11-16-23-12-7-9-17-26(23)28)30(24-13-5-4-6-14-24)27-22-25-15-8-10-19-29(25)33-31(27)36-3/h4-19,22,30,35H,20-21H2,1-3H3/t30-,32+/m1/s1. The van der Waals surface area contributed by atoms with Crippen molar-refractivity contribution in [3.8, 4) is 5.88 Å². The van der Waals surface area contributed by atoms with Gasteiger partial charge in [-0.3, -0.25) is 0 Å². The second kappa shape index (κ2) is 10.1. The SMILES string of the molecule is COc1nc2ccccc2cc1[C@@H](c1ccccc1)[C@](O)(CCN(C)C)c1cccc2ccccc12. The zero-order valence-corrected chi connectivity index (χ0v) is 21.1. The summed E-state index contributed by atoms with van der Waals surface area (Å²) in [5, 5.41) is 16.2. The van der Waals surface area contributed by atoms with Crippen LogP contribution in [0.15, 0.2) is 103 Å². The molecule has 0 aliphatic rings. The number of aromatic nitrogens is 1. The zero-order valence-electron chi connectivity index (χ0n) is 21.1. The van der Waals surface area contributed by atoms with Gasteiger partial charge in [0.25, 0.3) is 0 Å². The van der Waals surface area contributed by atoms with Crippen molar-refractivity contribution in [2.45, 2.75) is 17.9 Å². The first-order valence-corrected chi connectivity index (χ1v) is 12.4. The summed E-state index contributed by atoms with van der Waals surface area (Å²) in [6, 6.07) is 34.9. The van der Waals surface area contributed by atoms with Crippen LogP contribution in [-0.2, 0) is 5.60 Å². The Morgan fingerprint density at radius 1 is 0.833 bits per heavy atom. The average Bonchev–Trinajstić information content (AvgIpc) is 2.92. The fraction of sp³-hybridized carbons (Fsp3) is 0.219. The quantitative estimate of drug-likeness (QED) is 0.283. The molecule has 0 fully saturated rings. The molecule has 36 heavy (non-hydrogen) atoms. The Kier molecular flexibility index (Phi) is 6.73. The van der Waals surface area contributed by atoms with Crippen molar-refractivity contribution in [1.82, 2.24) is 9.88 Å². The number of fused-ring (bicyclic) bond motifs is 2. The number of methoxy groups -OCH3 is 1. The van der Waals surface area contributed by atoms with E-state index < -0.39 is 11.5 Å². The van der Waals surface area contributed by atoms with E-state index >= 15 is 0 Å². The molecule has 2 atom stereocenters. The van der Waals surface area contributed by atoms with E-state index in [0.717, 1.165) is 38.4 Å². The number of aliphatic hydroxyl groups is 1. The van der Waals surface area contributed by atoms with Crippen LogP contribution >= 0.6 is 0 Å².